The van der Waals surface area contributed by atoms with Crippen molar-refractivity contribution >= 4 is 5.91 Å². The van der Waals surface area contributed by atoms with Crippen LogP contribution >= 0.6 is 0 Å². The van der Waals surface area contributed by atoms with Gasteiger partial charge in [-0.2, -0.15) is 0 Å². The van der Waals surface area contributed by atoms with Crippen LogP contribution < -0.4 is 10.3 Å². The van der Waals surface area contributed by atoms with Gasteiger partial charge in [-0.05, 0) is 31.4 Å². The third kappa shape index (κ3) is 2.71. The average Bonchev–Trinajstić information content (AvgIpc) is 2.91. The van der Waals surface area contributed by atoms with Crippen molar-refractivity contribution in [3.63, 3.8) is 0 Å². The van der Waals surface area contributed by atoms with Gasteiger partial charge in [0.05, 0.1) is 31.0 Å². The minimum atomic E-state index is -0.122. The van der Waals surface area contributed by atoms with Crippen LogP contribution in [0.2, 0.25) is 0 Å². The smallest absolute Gasteiger partial charge is 0.258 e. The minimum Gasteiger partial charge on any atom is -0.493 e. The molecule has 0 saturated carbocycles. The summed E-state index contributed by atoms with van der Waals surface area (Å²) in [6.07, 6.45) is 1.36. The first kappa shape index (κ1) is 15.9. The Bertz CT molecular complexity index is 903. The van der Waals surface area contributed by atoms with Crippen LogP contribution in [0.5, 0.6) is 5.75 Å². The molecule has 0 saturated heterocycles. The monoisotopic (exact) mass is 339 g/mol. The van der Waals surface area contributed by atoms with Gasteiger partial charge in [0.2, 0.25) is 5.91 Å². The van der Waals surface area contributed by atoms with Gasteiger partial charge in [0.1, 0.15) is 11.6 Å². The molecule has 130 valence electrons. The van der Waals surface area contributed by atoms with Crippen LogP contribution in [0.25, 0.3) is 0 Å². The minimum absolute atomic E-state index is 0.0488. The number of aromatic nitrogens is 2. The Morgan fingerprint density at radius 3 is 2.92 bits per heavy atom. The second kappa shape index (κ2) is 6.02. The lowest BCUT2D eigenvalue weighted by Crippen LogP contribution is -2.34. The van der Waals surface area contributed by atoms with Gasteiger partial charge in [-0.3, -0.25) is 14.2 Å². The van der Waals surface area contributed by atoms with Gasteiger partial charge in [-0.15, -0.1) is 0 Å². The number of ether oxygens (including phenoxy) is 1. The Balaban J connectivity index is 1.57. The van der Waals surface area contributed by atoms with Crippen LogP contribution in [0, 0.1) is 12.8 Å². The molecule has 0 aliphatic carbocycles. The number of hydrogen-bond donors (Lipinski definition) is 0. The first-order valence-corrected chi connectivity index (χ1v) is 8.59. The summed E-state index contributed by atoms with van der Waals surface area (Å²) in [6, 6.07) is 7.88. The second-order valence-electron chi connectivity index (χ2n) is 6.79. The molecule has 1 amide bonds. The SMILES string of the molecule is Cc1nc2c(c(=O)n1C)CN(C(=O)C1CCOc3ccccc3C1)C2. The van der Waals surface area contributed by atoms with Crippen molar-refractivity contribution in [2.24, 2.45) is 13.0 Å². The summed E-state index contributed by atoms with van der Waals surface area (Å²) in [5, 5.41) is 0. The maximum Gasteiger partial charge on any atom is 0.258 e. The van der Waals surface area contributed by atoms with E-state index in [2.05, 4.69) is 4.98 Å². The van der Waals surface area contributed by atoms with Gasteiger partial charge in [-0.1, -0.05) is 18.2 Å². The lowest BCUT2D eigenvalue weighted by molar-refractivity contribution is -0.136. The molecule has 0 spiro atoms. The number of carbonyl (C=O) groups excluding carboxylic acids is 1. The van der Waals surface area contributed by atoms with Gasteiger partial charge in [0.25, 0.3) is 5.56 Å². The lowest BCUT2D eigenvalue weighted by Gasteiger charge is -2.21. The van der Waals surface area contributed by atoms with Crippen molar-refractivity contribution in [3.05, 3.63) is 57.3 Å². The molecule has 3 heterocycles. The summed E-state index contributed by atoms with van der Waals surface area (Å²) in [5.41, 5.74) is 2.40. The fourth-order valence-corrected chi connectivity index (χ4v) is 3.64. The molecule has 6 heteroatoms. The zero-order chi connectivity index (χ0) is 17.6. The highest BCUT2D eigenvalue weighted by molar-refractivity contribution is 5.80. The number of para-hydroxylation sites is 1. The average molecular weight is 339 g/mol. The molecule has 2 aliphatic rings. The van der Waals surface area contributed by atoms with Crippen LogP contribution in [-0.2, 0) is 31.4 Å². The van der Waals surface area contributed by atoms with Crippen molar-refractivity contribution in [3.8, 4) is 5.75 Å². The maximum atomic E-state index is 13.0. The fraction of sp³-hybridized carbons (Fsp3) is 0.421. The number of aryl methyl sites for hydroxylation is 1. The highest BCUT2D eigenvalue weighted by atomic mass is 16.5. The summed E-state index contributed by atoms with van der Waals surface area (Å²) in [5.74, 6) is 1.50. The Kier molecular flexibility index (Phi) is 3.82. The molecule has 1 aromatic carbocycles. The molecular formula is C19H21N3O3. The molecule has 1 atom stereocenters. The van der Waals surface area contributed by atoms with E-state index in [9.17, 15) is 9.59 Å². The molecule has 2 aliphatic heterocycles. The molecule has 0 bridgehead atoms. The quantitative estimate of drug-likeness (QED) is 0.791. The van der Waals surface area contributed by atoms with E-state index < -0.39 is 0 Å². The van der Waals surface area contributed by atoms with Crippen LogP contribution in [0.15, 0.2) is 29.1 Å². The molecule has 25 heavy (non-hydrogen) atoms. The van der Waals surface area contributed by atoms with Crippen LogP contribution in [-0.4, -0.2) is 27.0 Å². The third-order valence-corrected chi connectivity index (χ3v) is 5.21. The largest absolute Gasteiger partial charge is 0.493 e. The number of amides is 1. The number of rotatable bonds is 1. The van der Waals surface area contributed by atoms with Crippen molar-refractivity contribution in [2.75, 3.05) is 6.61 Å². The van der Waals surface area contributed by atoms with Gasteiger partial charge in [0, 0.05) is 13.0 Å². The molecule has 0 N–H and O–H groups in total. The van der Waals surface area contributed by atoms with Gasteiger partial charge >= 0.3 is 0 Å². The highest BCUT2D eigenvalue weighted by Crippen LogP contribution is 2.29. The topological polar surface area (TPSA) is 64.4 Å². The molecule has 0 fully saturated rings. The number of carbonyl (C=O) groups is 1. The molecule has 4 rings (SSSR count). The van der Waals surface area contributed by atoms with Gasteiger partial charge in [-0.25, -0.2) is 4.98 Å². The normalized spacial score (nSPS) is 19.0. The zero-order valence-corrected chi connectivity index (χ0v) is 14.5. The predicted octanol–water partition coefficient (Wildman–Crippen LogP) is 1.57. The Hall–Kier alpha value is -2.63. The lowest BCUT2D eigenvalue weighted by atomic mass is 9.95. The molecule has 1 aromatic heterocycles. The number of fused-ring (bicyclic) bond motifs is 2. The molecular weight excluding hydrogens is 318 g/mol. The number of nitrogens with zero attached hydrogens (tertiary/aromatic N) is 3. The fourth-order valence-electron chi connectivity index (χ4n) is 3.64. The Labute approximate surface area is 146 Å². The predicted molar refractivity (Wildman–Crippen MR) is 92.2 cm³/mol. The third-order valence-electron chi connectivity index (χ3n) is 5.21. The van der Waals surface area contributed by atoms with E-state index in [1.807, 2.05) is 31.2 Å². The Morgan fingerprint density at radius 1 is 1.28 bits per heavy atom. The van der Waals surface area contributed by atoms with E-state index in [1.165, 1.54) is 0 Å². The summed E-state index contributed by atoms with van der Waals surface area (Å²) in [7, 11) is 1.72. The highest BCUT2D eigenvalue weighted by Gasteiger charge is 2.33. The van der Waals surface area contributed by atoms with E-state index >= 15 is 0 Å². The molecule has 1 unspecified atom stereocenters. The van der Waals surface area contributed by atoms with Crippen LogP contribution in [0.4, 0.5) is 0 Å². The van der Waals surface area contributed by atoms with E-state index in [1.54, 1.807) is 16.5 Å². The van der Waals surface area contributed by atoms with Crippen molar-refractivity contribution in [2.45, 2.75) is 32.9 Å². The number of hydrogen-bond acceptors (Lipinski definition) is 4. The first-order chi connectivity index (χ1) is 12.0. The molecule has 6 nitrogen and oxygen atoms in total. The van der Waals surface area contributed by atoms with Gasteiger partial charge < -0.3 is 9.64 Å². The van der Waals surface area contributed by atoms with E-state index in [-0.39, 0.29) is 17.4 Å². The molecule has 2 aromatic rings. The van der Waals surface area contributed by atoms with Crippen molar-refractivity contribution in [1.82, 2.24) is 14.5 Å². The maximum absolute atomic E-state index is 13.0. The molecule has 0 radical (unpaired) electrons. The van der Waals surface area contributed by atoms with E-state index in [4.69, 9.17) is 4.74 Å². The zero-order valence-electron chi connectivity index (χ0n) is 14.5. The van der Waals surface area contributed by atoms with Crippen LogP contribution in [0.3, 0.4) is 0 Å². The first-order valence-electron chi connectivity index (χ1n) is 8.59. The summed E-state index contributed by atoms with van der Waals surface area (Å²) >= 11 is 0. The standard InChI is InChI=1S/C19H21N3O3/c1-12-20-16-11-22(10-15(16)19(24)21(12)2)18(23)14-7-8-25-17-6-4-3-5-13(17)9-14/h3-6,14H,7-11H2,1-2H3. The van der Waals surface area contributed by atoms with Gasteiger partial charge in [0.15, 0.2) is 0 Å². The number of benzene rings is 1. The van der Waals surface area contributed by atoms with E-state index in [0.29, 0.717) is 43.9 Å². The summed E-state index contributed by atoms with van der Waals surface area (Å²) < 4.78 is 7.31. The van der Waals surface area contributed by atoms with Crippen molar-refractivity contribution in [1.29, 1.82) is 0 Å². The summed E-state index contributed by atoms with van der Waals surface area (Å²) in [6.45, 7) is 3.12. The Morgan fingerprint density at radius 2 is 2.08 bits per heavy atom. The second-order valence-corrected chi connectivity index (χ2v) is 6.79. The summed E-state index contributed by atoms with van der Waals surface area (Å²) in [4.78, 5) is 31.7. The van der Waals surface area contributed by atoms with Crippen molar-refractivity contribution < 1.29 is 9.53 Å². The van der Waals surface area contributed by atoms with Crippen LogP contribution in [0.1, 0.15) is 29.1 Å². The van der Waals surface area contributed by atoms with E-state index in [0.717, 1.165) is 17.0 Å².